The molecule has 0 radical (unpaired) electrons. The highest BCUT2D eigenvalue weighted by Crippen LogP contribution is 2.07. The third-order valence-corrected chi connectivity index (χ3v) is 1.59. The van der Waals surface area contributed by atoms with E-state index in [4.69, 9.17) is 5.26 Å². The molecule has 0 aromatic carbocycles. The van der Waals surface area contributed by atoms with E-state index < -0.39 is 5.91 Å². The molecule has 0 bridgehead atoms. The standard InChI is InChI=1S/C7H4BrN3O/c8-6-3-5(1-2-10-6)7(12)11-4-9/h1-3H,(H,11,12). The molecule has 1 heterocycles. The Morgan fingerprint density at radius 3 is 3.08 bits per heavy atom. The van der Waals surface area contributed by atoms with Crippen LogP contribution >= 0.6 is 15.9 Å². The molecule has 0 aliphatic rings. The molecular formula is C7H4BrN3O. The van der Waals surface area contributed by atoms with Crippen LogP contribution in [0.4, 0.5) is 0 Å². The lowest BCUT2D eigenvalue weighted by Crippen LogP contribution is -2.17. The zero-order valence-corrected chi connectivity index (χ0v) is 7.50. The summed E-state index contributed by atoms with van der Waals surface area (Å²) in [5.41, 5.74) is 0.401. The lowest BCUT2D eigenvalue weighted by molar-refractivity contribution is 0.0972. The SMILES string of the molecule is N#CNC(=O)c1ccnc(Br)c1. The molecular weight excluding hydrogens is 222 g/mol. The van der Waals surface area contributed by atoms with E-state index in [0.717, 1.165) is 0 Å². The Morgan fingerprint density at radius 1 is 1.75 bits per heavy atom. The predicted octanol–water partition coefficient (Wildman–Crippen LogP) is 1.05. The monoisotopic (exact) mass is 225 g/mol. The molecule has 0 fully saturated rings. The van der Waals surface area contributed by atoms with Crippen LogP contribution in [0.3, 0.4) is 0 Å². The highest BCUT2D eigenvalue weighted by atomic mass is 79.9. The predicted molar refractivity (Wildman–Crippen MR) is 45.0 cm³/mol. The van der Waals surface area contributed by atoms with Gasteiger partial charge in [-0.2, -0.15) is 5.26 Å². The molecule has 0 aliphatic heterocycles. The number of hydrogen-bond acceptors (Lipinski definition) is 3. The van der Waals surface area contributed by atoms with Crippen LogP contribution in [0.25, 0.3) is 0 Å². The number of nitrogens with one attached hydrogen (secondary N) is 1. The van der Waals surface area contributed by atoms with E-state index in [2.05, 4.69) is 20.9 Å². The fraction of sp³-hybridized carbons (Fsp3) is 0. The molecule has 60 valence electrons. The number of amides is 1. The number of pyridine rings is 1. The number of rotatable bonds is 1. The number of nitrogens with zero attached hydrogens (tertiary/aromatic N) is 2. The second-order valence-electron chi connectivity index (χ2n) is 1.93. The largest absolute Gasteiger partial charge is 0.268 e. The van der Waals surface area contributed by atoms with Gasteiger partial charge in [0.15, 0.2) is 6.19 Å². The van der Waals surface area contributed by atoms with Gasteiger partial charge in [0.25, 0.3) is 5.91 Å². The number of aromatic nitrogens is 1. The fourth-order valence-electron chi connectivity index (χ4n) is 0.667. The first kappa shape index (κ1) is 8.68. The summed E-state index contributed by atoms with van der Waals surface area (Å²) < 4.78 is 0.563. The summed E-state index contributed by atoms with van der Waals surface area (Å²) in [7, 11) is 0. The molecule has 0 aliphatic carbocycles. The summed E-state index contributed by atoms with van der Waals surface area (Å²) in [6.07, 6.45) is 3.03. The maximum atomic E-state index is 11.0. The average Bonchev–Trinajstić information content (AvgIpc) is 2.05. The van der Waals surface area contributed by atoms with E-state index >= 15 is 0 Å². The normalized spacial score (nSPS) is 8.67. The third kappa shape index (κ3) is 2.04. The van der Waals surface area contributed by atoms with Crippen LogP contribution in [0.2, 0.25) is 0 Å². The second-order valence-corrected chi connectivity index (χ2v) is 2.75. The van der Waals surface area contributed by atoms with E-state index in [0.29, 0.717) is 10.2 Å². The first-order valence-electron chi connectivity index (χ1n) is 3.05. The van der Waals surface area contributed by atoms with Crippen LogP contribution in [0, 0.1) is 11.5 Å². The van der Waals surface area contributed by atoms with Crippen molar-refractivity contribution in [2.24, 2.45) is 0 Å². The number of hydrogen-bond donors (Lipinski definition) is 1. The number of nitriles is 1. The maximum absolute atomic E-state index is 11.0. The van der Waals surface area contributed by atoms with Crippen molar-refractivity contribution in [3.63, 3.8) is 0 Å². The van der Waals surface area contributed by atoms with Crippen LogP contribution in [0.1, 0.15) is 10.4 Å². The number of halogens is 1. The lowest BCUT2D eigenvalue weighted by Gasteiger charge is -1.96. The van der Waals surface area contributed by atoms with Gasteiger partial charge in [0.05, 0.1) is 0 Å². The first-order chi connectivity index (χ1) is 5.74. The highest BCUT2D eigenvalue weighted by molar-refractivity contribution is 9.10. The van der Waals surface area contributed by atoms with E-state index in [-0.39, 0.29) is 0 Å². The lowest BCUT2D eigenvalue weighted by atomic mass is 10.2. The molecule has 0 atom stereocenters. The Bertz CT molecular complexity index is 345. The summed E-state index contributed by atoms with van der Waals surface area (Å²) in [5.74, 6) is -0.430. The van der Waals surface area contributed by atoms with E-state index in [1.165, 1.54) is 18.3 Å². The van der Waals surface area contributed by atoms with Crippen molar-refractivity contribution in [1.82, 2.24) is 10.3 Å². The Labute approximate surface area is 77.4 Å². The van der Waals surface area contributed by atoms with Gasteiger partial charge in [0.2, 0.25) is 0 Å². The van der Waals surface area contributed by atoms with Crippen molar-refractivity contribution in [3.8, 4) is 6.19 Å². The van der Waals surface area contributed by atoms with Crippen molar-refractivity contribution in [2.75, 3.05) is 0 Å². The van der Waals surface area contributed by atoms with Gasteiger partial charge in [-0.05, 0) is 28.1 Å². The zero-order valence-electron chi connectivity index (χ0n) is 5.91. The molecule has 1 aromatic rings. The number of carbonyl (C=O) groups excluding carboxylic acids is 1. The van der Waals surface area contributed by atoms with Gasteiger partial charge in [-0.25, -0.2) is 4.98 Å². The van der Waals surface area contributed by atoms with E-state index in [9.17, 15) is 4.79 Å². The van der Waals surface area contributed by atoms with Crippen molar-refractivity contribution in [3.05, 3.63) is 28.5 Å². The second kappa shape index (κ2) is 3.83. The van der Waals surface area contributed by atoms with Gasteiger partial charge in [0, 0.05) is 11.8 Å². The van der Waals surface area contributed by atoms with E-state index in [1.54, 1.807) is 6.19 Å². The first-order valence-corrected chi connectivity index (χ1v) is 3.84. The highest BCUT2D eigenvalue weighted by Gasteiger charge is 2.03. The minimum atomic E-state index is -0.430. The molecule has 1 rings (SSSR count). The molecule has 0 unspecified atom stereocenters. The molecule has 1 amide bonds. The van der Waals surface area contributed by atoms with Gasteiger partial charge in [0.1, 0.15) is 4.60 Å². The summed E-state index contributed by atoms with van der Waals surface area (Å²) in [6.45, 7) is 0. The quantitative estimate of drug-likeness (QED) is 0.442. The Kier molecular flexibility index (Phi) is 2.77. The molecule has 0 saturated carbocycles. The third-order valence-electron chi connectivity index (χ3n) is 1.16. The molecule has 12 heavy (non-hydrogen) atoms. The van der Waals surface area contributed by atoms with Crippen LogP contribution < -0.4 is 5.32 Å². The molecule has 0 spiro atoms. The van der Waals surface area contributed by atoms with Gasteiger partial charge < -0.3 is 0 Å². The summed E-state index contributed by atoms with van der Waals surface area (Å²) in [5, 5.41) is 10.2. The van der Waals surface area contributed by atoms with Crippen LogP contribution in [0.15, 0.2) is 22.9 Å². The van der Waals surface area contributed by atoms with Crippen molar-refractivity contribution < 1.29 is 4.79 Å². The van der Waals surface area contributed by atoms with Gasteiger partial charge in [-0.1, -0.05) is 0 Å². The average molecular weight is 226 g/mol. The summed E-state index contributed by atoms with van der Waals surface area (Å²) >= 11 is 3.11. The number of carbonyl (C=O) groups is 1. The van der Waals surface area contributed by atoms with Crippen LogP contribution in [-0.4, -0.2) is 10.9 Å². The van der Waals surface area contributed by atoms with Crippen LogP contribution in [-0.2, 0) is 0 Å². The molecule has 1 N–H and O–H groups in total. The molecule has 0 saturated heterocycles. The Balaban J connectivity index is 2.90. The minimum absolute atomic E-state index is 0.401. The topological polar surface area (TPSA) is 65.8 Å². The fourth-order valence-corrected chi connectivity index (χ4v) is 1.03. The smallest absolute Gasteiger partial charge is 0.264 e. The van der Waals surface area contributed by atoms with Crippen LogP contribution in [0.5, 0.6) is 0 Å². The molecule has 4 nitrogen and oxygen atoms in total. The minimum Gasteiger partial charge on any atom is -0.268 e. The van der Waals surface area contributed by atoms with E-state index in [1.807, 2.05) is 5.32 Å². The molecule has 1 aromatic heterocycles. The summed E-state index contributed by atoms with van der Waals surface area (Å²) in [6, 6.07) is 3.06. The van der Waals surface area contributed by atoms with Crippen molar-refractivity contribution >= 4 is 21.8 Å². The maximum Gasteiger partial charge on any atom is 0.264 e. The summed E-state index contributed by atoms with van der Waals surface area (Å²) in [4.78, 5) is 14.9. The van der Waals surface area contributed by atoms with Gasteiger partial charge >= 0.3 is 0 Å². The van der Waals surface area contributed by atoms with Crippen molar-refractivity contribution in [1.29, 1.82) is 5.26 Å². The Morgan fingerprint density at radius 2 is 2.50 bits per heavy atom. The Hall–Kier alpha value is -1.41. The van der Waals surface area contributed by atoms with Crippen molar-refractivity contribution in [2.45, 2.75) is 0 Å². The van der Waals surface area contributed by atoms with Gasteiger partial charge in [-0.3, -0.25) is 10.1 Å². The van der Waals surface area contributed by atoms with Gasteiger partial charge in [-0.15, -0.1) is 0 Å². The zero-order chi connectivity index (χ0) is 8.97. The molecule has 5 heteroatoms.